The minimum Gasteiger partial charge on any atom is -0.309 e. The van der Waals surface area contributed by atoms with Gasteiger partial charge in [0.05, 0.1) is 27.5 Å². The highest BCUT2D eigenvalue weighted by molar-refractivity contribution is 7.27. The summed E-state index contributed by atoms with van der Waals surface area (Å²) in [5.74, 6) is 1.61. The molecule has 0 unspecified atom stereocenters. The number of aromatic nitrogens is 4. The van der Waals surface area contributed by atoms with Crippen LogP contribution in [-0.4, -0.2) is 19.1 Å². The van der Waals surface area contributed by atoms with Crippen molar-refractivity contribution >= 4 is 128 Å². The molecule has 0 aliphatic carbocycles. The highest BCUT2D eigenvalue weighted by Gasteiger charge is 2.26. The number of rotatable bonds is 3. The van der Waals surface area contributed by atoms with E-state index < -0.39 is 0 Å². The molecule has 0 bridgehead atoms. The number of thiophene rings is 2. The summed E-state index contributed by atoms with van der Waals surface area (Å²) < 4.78 is 8.67. The van der Waals surface area contributed by atoms with Crippen LogP contribution in [0.1, 0.15) is 0 Å². The molecule has 5 aromatic heterocycles. The molecule has 6 heteroatoms. The van der Waals surface area contributed by atoms with Crippen LogP contribution in [0.15, 0.2) is 182 Å². The van der Waals surface area contributed by atoms with E-state index in [2.05, 4.69) is 191 Å². The zero-order valence-corrected chi connectivity index (χ0v) is 33.6. The summed E-state index contributed by atoms with van der Waals surface area (Å²) in [4.78, 5) is 12.2. The minimum absolute atomic E-state index is 0.707. The van der Waals surface area contributed by atoms with Crippen molar-refractivity contribution in [3.8, 4) is 22.9 Å². The molecule has 4 nitrogen and oxygen atoms in total. The van der Waals surface area contributed by atoms with Crippen molar-refractivity contribution in [3.63, 3.8) is 0 Å². The lowest BCUT2D eigenvalue weighted by Gasteiger charge is -2.13. The second-order valence-electron chi connectivity index (χ2n) is 15.7. The van der Waals surface area contributed by atoms with E-state index in [1.807, 2.05) is 11.3 Å². The van der Waals surface area contributed by atoms with E-state index in [1.165, 1.54) is 84.4 Å². The van der Waals surface area contributed by atoms with E-state index in [4.69, 9.17) is 9.97 Å². The van der Waals surface area contributed by atoms with Crippen molar-refractivity contribution in [2.24, 2.45) is 0 Å². The first-order valence-electron chi connectivity index (χ1n) is 20.2. The first kappa shape index (κ1) is 32.6. The molecule has 9 aromatic carbocycles. The number of hydrogen-bond acceptors (Lipinski definition) is 4. The number of nitrogens with zero attached hydrogens (tertiary/aromatic N) is 4. The fourth-order valence-electron chi connectivity index (χ4n) is 9.98. The summed E-state index contributed by atoms with van der Waals surface area (Å²) in [6.45, 7) is 0. The molecule has 60 heavy (non-hydrogen) atoms. The van der Waals surface area contributed by atoms with Gasteiger partial charge in [0, 0.05) is 68.4 Å². The Morgan fingerprint density at radius 3 is 1.88 bits per heavy atom. The summed E-state index contributed by atoms with van der Waals surface area (Å²) in [7, 11) is 0. The van der Waals surface area contributed by atoms with Gasteiger partial charge in [-0.05, 0) is 52.6 Å². The van der Waals surface area contributed by atoms with E-state index in [1.54, 1.807) is 11.3 Å². The molecule has 0 aliphatic heterocycles. The minimum atomic E-state index is 0.707. The van der Waals surface area contributed by atoms with Crippen LogP contribution in [0.2, 0.25) is 0 Å². The summed E-state index contributed by atoms with van der Waals surface area (Å²) in [5.41, 5.74) is 6.71. The van der Waals surface area contributed by atoms with Crippen molar-refractivity contribution in [2.45, 2.75) is 0 Å². The zero-order valence-electron chi connectivity index (χ0n) is 31.9. The SMILES string of the molecule is c1ccc(-n2c3ccccc3c3ccc(-c4nc(-n5c6ccccc6c6c7sc8ccccc8c7c7ccccc7c65)c5c(n4)sc4c6ccccc6ccc45)cc32)cc1. The van der Waals surface area contributed by atoms with Crippen molar-refractivity contribution < 1.29 is 0 Å². The van der Waals surface area contributed by atoms with Crippen LogP contribution >= 0.6 is 22.7 Å². The van der Waals surface area contributed by atoms with Gasteiger partial charge >= 0.3 is 0 Å². The first-order chi connectivity index (χ1) is 29.8. The van der Waals surface area contributed by atoms with Gasteiger partial charge in [-0.1, -0.05) is 146 Å². The van der Waals surface area contributed by atoms with Crippen LogP contribution in [0.4, 0.5) is 0 Å². The largest absolute Gasteiger partial charge is 0.309 e. The van der Waals surface area contributed by atoms with Crippen LogP contribution in [0.5, 0.6) is 0 Å². The third-order valence-corrected chi connectivity index (χ3v) is 14.8. The van der Waals surface area contributed by atoms with Gasteiger partial charge in [-0.2, -0.15) is 0 Å². The summed E-state index contributed by atoms with van der Waals surface area (Å²) in [5, 5.41) is 14.7. The van der Waals surface area contributed by atoms with Crippen LogP contribution in [0.3, 0.4) is 0 Å². The molecular weight excluding hydrogens is 769 g/mol. The standard InChI is InChI=1S/C54H30N4S2/c1-2-15-33(16-3-1)57-42-23-11-8-18-35(42)36-28-27-32(30-44(36)57)52-55-53(48-41-29-26-31-14-4-5-17-34(31)50(41)60-54(48)56-52)58-43-24-12-9-21-39(43)47-49(58)38-20-7-6-19-37(38)46-40-22-10-13-25-45(40)59-51(46)47/h1-30H. The molecule has 14 aromatic rings. The monoisotopic (exact) mass is 798 g/mol. The highest BCUT2D eigenvalue weighted by Crippen LogP contribution is 2.49. The molecule has 0 aliphatic rings. The Kier molecular flexibility index (Phi) is 6.56. The molecule has 0 fully saturated rings. The predicted molar refractivity (Wildman–Crippen MR) is 257 cm³/mol. The number of fused-ring (bicyclic) bond motifs is 18. The Morgan fingerprint density at radius 2 is 1.03 bits per heavy atom. The van der Waals surface area contributed by atoms with Gasteiger partial charge in [-0.15, -0.1) is 22.7 Å². The molecule has 278 valence electrons. The molecule has 5 heterocycles. The molecule has 0 saturated carbocycles. The number of para-hydroxylation sites is 3. The van der Waals surface area contributed by atoms with Crippen LogP contribution in [-0.2, 0) is 0 Å². The average molecular weight is 799 g/mol. The predicted octanol–water partition coefficient (Wildman–Crippen LogP) is 15.4. The molecule has 0 N–H and O–H groups in total. The number of hydrogen-bond donors (Lipinski definition) is 0. The van der Waals surface area contributed by atoms with Gasteiger partial charge < -0.3 is 4.57 Å². The Labute approximate surface area is 350 Å². The van der Waals surface area contributed by atoms with Crippen LogP contribution < -0.4 is 0 Å². The second kappa shape index (κ2) is 12.1. The highest BCUT2D eigenvalue weighted by atomic mass is 32.1. The van der Waals surface area contributed by atoms with Gasteiger partial charge in [-0.25, -0.2) is 9.97 Å². The second-order valence-corrected chi connectivity index (χ2v) is 17.7. The Bertz CT molecular complexity index is 4130. The van der Waals surface area contributed by atoms with Crippen molar-refractivity contribution in [2.75, 3.05) is 0 Å². The summed E-state index contributed by atoms with van der Waals surface area (Å²) >= 11 is 3.67. The maximum Gasteiger partial charge on any atom is 0.163 e. The third kappa shape index (κ3) is 4.33. The average Bonchev–Trinajstić information content (AvgIpc) is 4.07. The molecular formula is C54H30N4S2. The topological polar surface area (TPSA) is 35.6 Å². The van der Waals surface area contributed by atoms with E-state index >= 15 is 0 Å². The molecule has 0 saturated heterocycles. The van der Waals surface area contributed by atoms with Crippen molar-refractivity contribution in [1.82, 2.24) is 19.1 Å². The Hall–Kier alpha value is -7.38. The lowest BCUT2D eigenvalue weighted by atomic mass is 10.00. The molecule has 0 atom stereocenters. The lowest BCUT2D eigenvalue weighted by molar-refractivity contribution is 1.08. The van der Waals surface area contributed by atoms with Gasteiger partial charge in [0.2, 0.25) is 0 Å². The molecule has 14 rings (SSSR count). The van der Waals surface area contributed by atoms with E-state index in [9.17, 15) is 0 Å². The summed E-state index contributed by atoms with van der Waals surface area (Å²) in [6, 6.07) is 66.0. The van der Waals surface area contributed by atoms with E-state index in [-0.39, 0.29) is 0 Å². The van der Waals surface area contributed by atoms with Crippen molar-refractivity contribution in [3.05, 3.63) is 182 Å². The van der Waals surface area contributed by atoms with Gasteiger partial charge in [0.15, 0.2) is 11.6 Å². The Morgan fingerprint density at radius 1 is 0.383 bits per heavy atom. The Balaban J connectivity index is 1.16. The molecule has 0 spiro atoms. The maximum atomic E-state index is 5.76. The fourth-order valence-corrected chi connectivity index (χ4v) is 12.5. The quantitative estimate of drug-likeness (QED) is 0.178. The fraction of sp³-hybridized carbons (Fsp3) is 0. The van der Waals surface area contributed by atoms with E-state index in [0.29, 0.717) is 5.82 Å². The van der Waals surface area contributed by atoms with Gasteiger partial charge in [0.1, 0.15) is 4.83 Å². The summed E-state index contributed by atoms with van der Waals surface area (Å²) in [6.07, 6.45) is 0. The molecule has 0 radical (unpaired) electrons. The van der Waals surface area contributed by atoms with Gasteiger partial charge in [0.25, 0.3) is 0 Å². The zero-order chi connectivity index (χ0) is 39.1. The maximum absolute atomic E-state index is 5.76. The third-order valence-electron chi connectivity index (χ3n) is 12.5. The smallest absolute Gasteiger partial charge is 0.163 e. The normalized spacial score (nSPS) is 12.3. The molecule has 0 amide bonds. The van der Waals surface area contributed by atoms with Crippen LogP contribution in [0, 0.1) is 0 Å². The van der Waals surface area contributed by atoms with E-state index in [0.717, 1.165) is 38.3 Å². The van der Waals surface area contributed by atoms with Crippen LogP contribution in [0.25, 0.3) is 129 Å². The first-order valence-corrected chi connectivity index (χ1v) is 21.9. The lowest BCUT2D eigenvalue weighted by Crippen LogP contribution is -2.02. The van der Waals surface area contributed by atoms with Crippen molar-refractivity contribution in [1.29, 1.82) is 0 Å². The number of benzene rings is 9. The van der Waals surface area contributed by atoms with Gasteiger partial charge in [-0.3, -0.25) is 4.57 Å².